The van der Waals surface area contributed by atoms with E-state index < -0.39 is 12.0 Å². The molecule has 3 aromatic rings. The number of ether oxygens (including phenoxy) is 1. The maximum Gasteiger partial charge on any atom is 0.328 e. The summed E-state index contributed by atoms with van der Waals surface area (Å²) in [6.45, 7) is 0. The first kappa shape index (κ1) is 17.9. The van der Waals surface area contributed by atoms with E-state index in [1.54, 1.807) is 30.5 Å². The Morgan fingerprint density at radius 3 is 2.58 bits per heavy atom. The van der Waals surface area contributed by atoms with Crippen LogP contribution in [-0.4, -0.2) is 30.0 Å². The molecule has 1 amide bonds. The number of benzene rings is 2. The molecule has 1 aromatic heterocycles. The predicted molar refractivity (Wildman–Crippen MR) is 100 cm³/mol. The second kappa shape index (κ2) is 7.97. The van der Waals surface area contributed by atoms with Crippen molar-refractivity contribution in [2.45, 2.75) is 12.5 Å². The molecule has 26 heavy (non-hydrogen) atoms. The molecular formula is C20H17ClN2O3. The largest absolute Gasteiger partial charge is 0.467 e. The first-order valence-electron chi connectivity index (χ1n) is 8.05. The van der Waals surface area contributed by atoms with Gasteiger partial charge < -0.3 is 10.1 Å². The molecule has 0 aliphatic heterocycles. The maximum absolute atomic E-state index is 12.8. The highest BCUT2D eigenvalue weighted by molar-refractivity contribution is 6.30. The van der Waals surface area contributed by atoms with Gasteiger partial charge in [0.1, 0.15) is 6.04 Å². The molecule has 0 aliphatic carbocycles. The van der Waals surface area contributed by atoms with Crippen molar-refractivity contribution < 1.29 is 14.3 Å². The van der Waals surface area contributed by atoms with Gasteiger partial charge in [0.15, 0.2) is 0 Å². The highest BCUT2D eigenvalue weighted by atomic mass is 35.5. The van der Waals surface area contributed by atoms with Gasteiger partial charge in [0.25, 0.3) is 5.91 Å². The van der Waals surface area contributed by atoms with Crippen LogP contribution < -0.4 is 5.32 Å². The first-order valence-corrected chi connectivity index (χ1v) is 8.43. The van der Waals surface area contributed by atoms with E-state index in [0.29, 0.717) is 22.5 Å². The number of nitrogens with zero attached hydrogens (tertiary/aromatic N) is 1. The van der Waals surface area contributed by atoms with E-state index in [-0.39, 0.29) is 5.91 Å². The number of pyridine rings is 1. The van der Waals surface area contributed by atoms with Crippen molar-refractivity contribution in [2.24, 2.45) is 0 Å². The van der Waals surface area contributed by atoms with Crippen LogP contribution >= 0.6 is 11.6 Å². The Morgan fingerprint density at radius 1 is 1.12 bits per heavy atom. The van der Waals surface area contributed by atoms with Crippen molar-refractivity contribution in [3.05, 3.63) is 76.9 Å². The average Bonchev–Trinajstić information content (AvgIpc) is 2.68. The summed E-state index contributed by atoms with van der Waals surface area (Å²) >= 11 is 5.89. The summed E-state index contributed by atoms with van der Waals surface area (Å²) in [6.07, 6.45) is 1.93. The summed E-state index contributed by atoms with van der Waals surface area (Å²) in [5.41, 5.74) is 1.86. The lowest BCUT2D eigenvalue weighted by Gasteiger charge is -2.17. The monoisotopic (exact) mass is 368 g/mol. The zero-order valence-electron chi connectivity index (χ0n) is 14.1. The van der Waals surface area contributed by atoms with Gasteiger partial charge in [0, 0.05) is 23.0 Å². The maximum atomic E-state index is 12.8. The number of carbonyl (C=O) groups excluding carboxylic acids is 2. The van der Waals surface area contributed by atoms with Gasteiger partial charge in [-0.05, 0) is 29.8 Å². The quantitative estimate of drug-likeness (QED) is 0.701. The number of hydrogen-bond donors (Lipinski definition) is 1. The zero-order valence-corrected chi connectivity index (χ0v) is 14.9. The number of carbonyl (C=O) groups is 2. The van der Waals surface area contributed by atoms with Crippen molar-refractivity contribution in [3.8, 4) is 0 Å². The van der Waals surface area contributed by atoms with Crippen LogP contribution in [0.3, 0.4) is 0 Å². The van der Waals surface area contributed by atoms with Crippen molar-refractivity contribution in [3.63, 3.8) is 0 Å². The normalized spacial score (nSPS) is 11.8. The van der Waals surface area contributed by atoms with E-state index >= 15 is 0 Å². The SMILES string of the molecule is COC(=O)[C@@H](Cc1ccc(Cl)cc1)NC(=O)c1cccc2cccnc12. The number of aromatic nitrogens is 1. The fraction of sp³-hybridized carbons (Fsp3) is 0.150. The second-order valence-corrected chi connectivity index (χ2v) is 6.20. The van der Waals surface area contributed by atoms with E-state index in [1.807, 2.05) is 30.3 Å². The topological polar surface area (TPSA) is 68.3 Å². The third kappa shape index (κ3) is 4.00. The molecule has 1 atom stereocenters. The number of halogens is 1. The Balaban J connectivity index is 1.85. The van der Waals surface area contributed by atoms with Gasteiger partial charge in [-0.2, -0.15) is 0 Å². The molecule has 0 saturated carbocycles. The lowest BCUT2D eigenvalue weighted by molar-refractivity contribution is -0.142. The summed E-state index contributed by atoms with van der Waals surface area (Å²) in [7, 11) is 1.29. The molecule has 132 valence electrons. The van der Waals surface area contributed by atoms with Gasteiger partial charge in [0.05, 0.1) is 18.2 Å². The first-order chi connectivity index (χ1) is 12.6. The number of methoxy groups -OCH3 is 1. The molecule has 1 heterocycles. The number of para-hydroxylation sites is 1. The Hall–Kier alpha value is -2.92. The third-order valence-corrected chi connectivity index (χ3v) is 4.27. The van der Waals surface area contributed by atoms with Crippen LogP contribution in [0, 0.1) is 0 Å². The molecule has 0 spiro atoms. The number of amides is 1. The standard InChI is InChI=1S/C20H17ClN2O3/c1-26-20(25)17(12-13-7-9-15(21)10-8-13)23-19(24)16-6-2-4-14-5-3-11-22-18(14)16/h2-11,17H,12H2,1H3,(H,23,24)/t17-/m1/s1. The number of hydrogen-bond acceptors (Lipinski definition) is 4. The van der Waals surface area contributed by atoms with Crippen molar-refractivity contribution in [1.29, 1.82) is 0 Å². The number of nitrogens with one attached hydrogen (secondary N) is 1. The average molecular weight is 369 g/mol. The second-order valence-electron chi connectivity index (χ2n) is 5.76. The number of esters is 1. The number of fused-ring (bicyclic) bond motifs is 1. The van der Waals surface area contributed by atoms with E-state index in [4.69, 9.17) is 16.3 Å². The van der Waals surface area contributed by atoms with Crippen LogP contribution in [-0.2, 0) is 16.0 Å². The Kier molecular flexibility index (Phi) is 5.49. The van der Waals surface area contributed by atoms with Gasteiger partial charge in [-0.1, -0.05) is 41.9 Å². The molecule has 1 N–H and O–H groups in total. The molecule has 0 fully saturated rings. The summed E-state index contributed by atoms with van der Waals surface area (Å²) < 4.78 is 4.84. The predicted octanol–water partition coefficient (Wildman–Crippen LogP) is 3.40. The van der Waals surface area contributed by atoms with E-state index in [9.17, 15) is 9.59 Å². The van der Waals surface area contributed by atoms with Crippen LogP contribution in [0.5, 0.6) is 0 Å². The molecular weight excluding hydrogens is 352 g/mol. The highest BCUT2D eigenvalue weighted by Gasteiger charge is 2.23. The molecule has 0 bridgehead atoms. The van der Waals surface area contributed by atoms with Crippen LogP contribution in [0.4, 0.5) is 0 Å². The van der Waals surface area contributed by atoms with Gasteiger partial charge in [-0.15, -0.1) is 0 Å². The Labute approximate surface area is 156 Å². The van der Waals surface area contributed by atoms with Crippen LogP contribution in [0.15, 0.2) is 60.8 Å². The summed E-state index contributed by atoms with van der Waals surface area (Å²) in [5.74, 6) is -0.889. The minimum atomic E-state index is -0.812. The molecule has 3 rings (SSSR count). The highest BCUT2D eigenvalue weighted by Crippen LogP contribution is 2.17. The summed E-state index contributed by atoms with van der Waals surface area (Å²) in [4.78, 5) is 29.2. The van der Waals surface area contributed by atoms with E-state index in [1.165, 1.54) is 7.11 Å². The van der Waals surface area contributed by atoms with Crippen LogP contribution in [0.1, 0.15) is 15.9 Å². The summed E-state index contributed by atoms with van der Waals surface area (Å²) in [5, 5.41) is 4.21. The molecule has 0 saturated heterocycles. The minimum absolute atomic E-state index is 0.299. The molecule has 0 aliphatic rings. The third-order valence-electron chi connectivity index (χ3n) is 4.02. The zero-order chi connectivity index (χ0) is 18.5. The lowest BCUT2D eigenvalue weighted by atomic mass is 10.0. The fourth-order valence-corrected chi connectivity index (χ4v) is 2.84. The van der Waals surface area contributed by atoms with Crippen LogP contribution in [0.25, 0.3) is 10.9 Å². The van der Waals surface area contributed by atoms with Crippen LogP contribution in [0.2, 0.25) is 5.02 Å². The van der Waals surface area contributed by atoms with Crippen molar-refractivity contribution >= 4 is 34.4 Å². The molecule has 5 nitrogen and oxygen atoms in total. The van der Waals surface area contributed by atoms with Crippen molar-refractivity contribution in [2.75, 3.05) is 7.11 Å². The van der Waals surface area contributed by atoms with E-state index in [2.05, 4.69) is 10.3 Å². The van der Waals surface area contributed by atoms with Gasteiger partial charge in [-0.3, -0.25) is 9.78 Å². The van der Waals surface area contributed by atoms with Gasteiger partial charge in [0.2, 0.25) is 0 Å². The van der Waals surface area contributed by atoms with E-state index in [0.717, 1.165) is 10.9 Å². The lowest BCUT2D eigenvalue weighted by Crippen LogP contribution is -2.43. The Bertz CT molecular complexity index is 936. The smallest absolute Gasteiger partial charge is 0.328 e. The van der Waals surface area contributed by atoms with Crippen molar-refractivity contribution in [1.82, 2.24) is 10.3 Å². The van der Waals surface area contributed by atoms with Gasteiger partial charge in [-0.25, -0.2) is 4.79 Å². The number of rotatable bonds is 5. The fourth-order valence-electron chi connectivity index (χ4n) is 2.72. The van der Waals surface area contributed by atoms with Gasteiger partial charge >= 0.3 is 5.97 Å². The molecule has 2 aromatic carbocycles. The summed E-state index contributed by atoms with van der Waals surface area (Å²) in [6, 6.07) is 15.3. The Morgan fingerprint density at radius 2 is 1.85 bits per heavy atom. The molecule has 0 unspecified atom stereocenters. The minimum Gasteiger partial charge on any atom is -0.467 e. The molecule has 6 heteroatoms. The molecule has 0 radical (unpaired) electrons.